The zero-order valence-corrected chi connectivity index (χ0v) is 8.20. The molecular weight excluding hydrogens is 162 g/mol. The zero-order chi connectivity index (χ0) is 9.68. The highest BCUT2D eigenvalue weighted by Gasteiger charge is 2.13. The number of aliphatic hydroxyl groups excluding tert-OH is 1. The second-order valence-corrected chi connectivity index (χ2v) is 3.20. The van der Waals surface area contributed by atoms with Gasteiger partial charge in [-0.3, -0.25) is 0 Å². The molecule has 72 valence electrons. The minimum atomic E-state index is -0.416. The van der Waals surface area contributed by atoms with Gasteiger partial charge < -0.3 is 10.4 Å². The molecule has 2 nitrogen and oxygen atoms in total. The number of hydrogen-bond acceptors (Lipinski definition) is 2. The Morgan fingerprint density at radius 3 is 2.46 bits per heavy atom. The van der Waals surface area contributed by atoms with E-state index in [1.165, 1.54) is 0 Å². The molecule has 2 atom stereocenters. The van der Waals surface area contributed by atoms with E-state index in [4.69, 9.17) is 0 Å². The summed E-state index contributed by atoms with van der Waals surface area (Å²) in [5.74, 6) is 0. The Bertz CT molecular complexity index is 235. The van der Waals surface area contributed by atoms with E-state index in [1.807, 2.05) is 44.2 Å². The van der Waals surface area contributed by atoms with Crippen LogP contribution in [0.5, 0.6) is 0 Å². The van der Waals surface area contributed by atoms with E-state index < -0.39 is 6.10 Å². The van der Waals surface area contributed by atoms with Crippen molar-refractivity contribution >= 4 is 0 Å². The van der Waals surface area contributed by atoms with Gasteiger partial charge >= 0.3 is 0 Å². The van der Waals surface area contributed by atoms with Gasteiger partial charge in [-0.1, -0.05) is 37.3 Å². The number of hydrogen-bond donors (Lipinski definition) is 2. The fourth-order valence-electron chi connectivity index (χ4n) is 1.37. The molecule has 0 aliphatic heterocycles. The van der Waals surface area contributed by atoms with Gasteiger partial charge in [-0.2, -0.15) is 0 Å². The molecule has 0 spiro atoms. The summed E-state index contributed by atoms with van der Waals surface area (Å²) in [5, 5.41) is 13.1. The van der Waals surface area contributed by atoms with Crippen molar-refractivity contribution < 1.29 is 5.11 Å². The van der Waals surface area contributed by atoms with Crippen molar-refractivity contribution in [3.8, 4) is 0 Å². The molecule has 0 bridgehead atoms. The third-order valence-corrected chi connectivity index (χ3v) is 2.14. The topological polar surface area (TPSA) is 32.3 Å². The molecule has 13 heavy (non-hydrogen) atoms. The number of rotatable bonds is 4. The molecule has 0 fully saturated rings. The van der Waals surface area contributed by atoms with Crippen LogP contribution in [0.25, 0.3) is 0 Å². The lowest BCUT2D eigenvalue weighted by Gasteiger charge is -2.19. The number of benzene rings is 1. The van der Waals surface area contributed by atoms with E-state index >= 15 is 0 Å². The van der Waals surface area contributed by atoms with Gasteiger partial charge in [-0.15, -0.1) is 0 Å². The minimum Gasteiger partial charge on any atom is -0.387 e. The molecule has 1 aromatic carbocycles. The van der Waals surface area contributed by atoms with Crippen molar-refractivity contribution in [2.75, 3.05) is 6.54 Å². The maximum absolute atomic E-state index is 9.86. The van der Waals surface area contributed by atoms with Crippen molar-refractivity contribution in [3.63, 3.8) is 0 Å². The van der Waals surface area contributed by atoms with Crippen molar-refractivity contribution in [2.45, 2.75) is 26.0 Å². The highest BCUT2D eigenvalue weighted by atomic mass is 16.3. The van der Waals surface area contributed by atoms with Gasteiger partial charge in [0.25, 0.3) is 0 Å². The summed E-state index contributed by atoms with van der Waals surface area (Å²) in [6.45, 7) is 4.90. The van der Waals surface area contributed by atoms with Crippen LogP contribution in [-0.4, -0.2) is 17.7 Å². The summed E-state index contributed by atoms with van der Waals surface area (Å²) in [5.41, 5.74) is 0.968. The number of nitrogens with one attached hydrogen (secondary N) is 1. The third kappa shape index (κ3) is 2.83. The second kappa shape index (κ2) is 5.00. The molecule has 0 radical (unpaired) electrons. The Labute approximate surface area is 79.6 Å². The lowest BCUT2D eigenvalue weighted by molar-refractivity contribution is 0.137. The quantitative estimate of drug-likeness (QED) is 0.737. The van der Waals surface area contributed by atoms with Crippen LogP contribution >= 0.6 is 0 Å². The minimum absolute atomic E-state index is 0.104. The van der Waals surface area contributed by atoms with Gasteiger partial charge in [0.05, 0.1) is 6.10 Å². The summed E-state index contributed by atoms with van der Waals surface area (Å²) in [6.07, 6.45) is -0.416. The monoisotopic (exact) mass is 179 g/mol. The number of aliphatic hydroxyl groups is 1. The van der Waals surface area contributed by atoms with Crippen LogP contribution in [0.4, 0.5) is 0 Å². The van der Waals surface area contributed by atoms with Crippen LogP contribution in [0.2, 0.25) is 0 Å². The summed E-state index contributed by atoms with van der Waals surface area (Å²) >= 11 is 0. The molecule has 0 saturated heterocycles. The van der Waals surface area contributed by atoms with Gasteiger partial charge in [0, 0.05) is 6.04 Å². The van der Waals surface area contributed by atoms with Gasteiger partial charge in [0.1, 0.15) is 0 Å². The van der Waals surface area contributed by atoms with Gasteiger partial charge in [-0.05, 0) is 19.0 Å². The van der Waals surface area contributed by atoms with Crippen LogP contribution in [0, 0.1) is 0 Å². The number of likely N-dealkylation sites (N-methyl/N-ethyl adjacent to an activating group) is 1. The molecule has 0 unspecified atom stereocenters. The highest BCUT2D eigenvalue weighted by molar-refractivity contribution is 5.18. The third-order valence-electron chi connectivity index (χ3n) is 2.14. The SMILES string of the molecule is CCN[C@H](C)[C@H](O)c1ccccc1. The Morgan fingerprint density at radius 1 is 1.31 bits per heavy atom. The van der Waals surface area contributed by atoms with E-state index in [0.717, 1.165) is 12.1 Å². The second-order valence-electron chi connectivity index (χ2n) is 3.20. The predicted molar refractivity (Wildman–Crippen MR) is 54.5 cm³/mol. The average Bonchev–Trinajstić information content (AvgIpc) is 2.18. The first-order valence-corrected chi connectivity index (χ1v) is 4.72. The average molecular weight is 179 g/mol. The van der Waals surface area contributed by atoms with Crippen molar-refractivity contribution in [1.29, 1.82) is 0 Å². The highest BCUT2D eigenvalue weighted by Crippen LogP contribution is 2.15. The molecule has 2 heteroatoms. The molecule has 1 rings (SSSR count). The van der Waals surface area contributed by atoms with Crippen molar-refractivity contribution in [2.24, 2.45) is 0 Å². The Hall–Kier alpha value is -0.860. The van der Waals surface area contributed by atoms with E-state index in [9.17, 15) is 5.11 Å². The zero-order valence-electron chi connectivity index (χ0n) is 8.20. The van der Waals surface area contributed by atoms with Crippen molar-refractivity contribution in [1.82, 2.24) is 5.32 Å². The summed E-state index contributed by atoms with van der Waals surface area (Å²) in [4.78, 5) is 0. The fraction of sp³-hybridized carbons (Fsp3) is 0.455. The van der Waals surface area contributed by atoms with E-state index in [2.05, 4.69) is 5.32 Å². The smallest absolute Gasteiger partial charge is 0.0940 e. The van der Waals surface area contributed by atoms with Crippen LogP contribution < -0.4 is 5.32 Å². The Kier molecular flexibility index (Phi) is 3.93. The van der Waals surface area contributed by atoms with Gasteiger partial charge in [-0.25, -0.2) is 0 Å². The predicted octanol–water partition coefficient (Wildman–Crippen LogP) is 1.72. The maximum atomic E-state index is 9.86. The lowest BCUT2D eigenvalue weighted by Crippen LogP contribution is -2.31. The largest absolute Gasteiger partial charge is 0.387 e. The Morgan fingerprint density at radius 2 is 1.92 bits per heavy atom. The molecule has 0 heterocycles. The molecule has 0 aromatic heterocycles. The molecule has 0 amide bonds. The normalized spacial score (nSPS) is 15.3. The lowest BCUT2D eigenvalue weighted by atomic mass is 10.0. The summed E-state index contributed by atoms with van der Waals surface area (Å²) in [6, 6.07) is 9.83. The van der Waals surface area contributed by atoms with E-state index in [0.29, 0.717) is 0 Å². The van der Waals surface area contributed by atoms with Crippen LogP contribution in [0.15, 0.2) is 30.3 Å². The van der Waals surface area contributed by atoms with E-state index in [1.54, 1.807) is 0 Å². The molecule has 1 aromatic rings. The Balaban J connectivity index is 2.62. The first kappa shape index (κ1) is 10.2. The van der Waals surface area contributed by atoms with Crippen LogP contribution in [-0.2, 0) is 0 Å². The first-order valence-electron chi connectivity index (χ1n) is 4.72. The molecule has 2 N–H and O–H groups in total. The molecule has 0 aliphatic rings. The maximum Gasteiger partial charge on any atom is 0.0940 e. The molecule has 0 aliphatic carbocycles. The summed E-state index contributed by atoms with van der Waals surface area (Å²) < 4.78 is 0. The van der Waals surface area contributed by atoms with Crippen molar-refractivity contribution in [3.05, 3.63) is 35.9 Å². The van der Waals surface area contributed by atoms with Crippen LogP contribution in [0.3, 0.4) is 0 Å². The van der Waals surface area contributed by atoms with Crippen LogP contribution in [0.1, 0.15) is 25.5 Å². The fourth-order valence-corrected chi connectivity index (χ4v) is 1.37. The van der Waals surface area contributed by atoms with Gasteiger partial charge in [0.15, 0.2) is 0 Å². The molecular formula is C11H17NO. The summed E-state index contributed by atoms with van der Waals surface area (Å²) in [7, 11) is 0. The van der Waals surface area contributed by atoms with E-state index in [-0.39, 0.29) is 6.04 Å². The van der Waals surface area contributed by atoms with Gasteiger partial charge in [0.2, 0.25) is 0 Å². The first-order chi connectivity index (χ1) is 6.25. The standard InChI is InChI=1S/C11H17NO/c1-3-12-9(2)11(13)10-7-5-4-6-8-10/h4-9,11-13H,3H2,1-2H3/t9-,11+/m1/s1. The molecule has 0 saturated carbocycles.